The Morgan fingerprint density at radius 2 is 2.00 bits per heavy atom. The second-order valence-corrected chi connectivity index (χ2v) is 7.95. The molecular formula is C18H16Cl2N2O2S. The van der Waals surface area contributed by atoms with Crippen LogP contribution >= 0.6 is 34.5 Å². The van der Waals surface area contributed by atoms with Crippen molar-refractivity contribution in [3.63, 3.8) is 0 Å². The Morgan fingerprint density at radius 3 is 2.68 bits per heavy atom. The third-order valence-electron chi connectivity index (χ3n) is 4.10. The van der Waals surface area contributed by atoms with Gasteiger partial charge in [-0.1, -0.05) is 35.3 Å². The lowest BCUT2D eigenvalue weighted by atomic mass is 9.88. The smallest absolute Gasteiger partial charge is 0.138 e. The number of hydrogen-bond donors (Lipinski definition) is 2. The Kier molecular flexibility index (Phi) is 5.14. The summed E-state index contributed by atoms with van der Waals surface area (Å²) in [6.07, 6.45) is 1.86. The second kappa shape index (κ2) is 7.02. The minimum atomic E-state index is -1.24. The quantitative estimate of drug-likeness (QED) is 0.639. The number of benzene rings is 1. The van der Waals surface area contributed by atoms with Crippen LogP contribution in [0, 0.1) is 6.92 Å². The number of rotatable bonds is 4. The van der Waals surface area contributed by atoms with Gasteiger partial charge in [0, 0.05) is 32.1 Å². The van der Waals surface area contributed by atoms with Crippen molar-refractivity contribution in [2.24, 2.45) is 0 Å². The molecule has 25 heavy (non-hydrogen) atoms. The van der Waals surface area contributed by atoms with Crippen LogP contribution in [0.25, 0.3) is 0 Å². The molecule has 2 atom stereocenters. The van der Waals surface area contributed by atoms with Crippen LogP contribution in [0.2, 0.25) is 10.2 Å². The van der Waals surface area contributed by atoms with Crippen LogP contribution in [0.5, 0.6) is 0 Å². The lowest BCUT2D eigenvalue weighted by Crippen LogP contribution is -2.23. The summed E-state index contributed by atoms with van der Waals surface area (Å²) in [6, 6.07) is 8.89. The molecule has 0 saturated carbocycles. The summed E-state index contributed by atoms with van der Waals surface area (Å²) in [5, 5.41) is 22.5. The van der Waals surface area contributed by atoms with Gasteiger partial charge in [-0.25, -0.2) is 9.97 Å². The minimum absolute atomic E-state index is 0.205. The molecule has 3 rings (SSSR count). The Morgan fingerprint density at radius 1 is 1.24 bits per heavy atom. The fourth-order valence-electron chi connectivity index (χ4n) is 2.73. The Labute approximate surface area is 159 Å². The van der Waals surface area contributed by atoms with Crippen LogP contribution < -0.4 is 0 Å². The topological polar surface area (TPSA) is 66.2 Å². The van der Waals surface area contributed by atoms with Crippen molar-refractivity contribution >= 4 is 34.5 Å². The summed E-state index contributed by atoms with van der Waals surface area (Å²) in [5.41, 5.74) is 0.588. The fourth-order valence-corrected chi connectivity index (χ4v) is 4.25. The van der Waals surface area contributed by atoms with Crippen LogP contribution in [0.1, 0.15) is 39.5 Å². The van der Waals surface area contributed by atoms with Crippen LogP contribution in [0.3, 0.4) is 0 Å². The summed E-state index contributed by atoms with van der Waals surface area (Å²) in [4.78, 5) is 9.36. The third kappa shape index (κ3) is 3.57. The van der Waals surface area contributed by atoms with Gasteiger partial charge in [0.1, 0.15) is 23.2 Å². The molecule has 2 N–H and O–H groups in total. The number of hydrogen-bond acceptors (Lipinski definition) is 5. The molecule has 0 radical (unpaired) electrons. The van der Waals surface area contributed by atoms with E-state index in [9.17, 15) is 10.2 Å². The molecule has 0 fully saturated rings. The summed E-state index contributed by atoms with van der Waals surface area (Å²) in [6.45, 7) is 3.61. The molecule has 0 amide bonds. The van der Waals surface area contributed by atoms with Gasteiger partial charge >= 0.3 is 0 Å². The predicted molar refractivity (Wildman–Crippen MR) is 100 cm³/mol. The highest BCUT2D eigenvalue weighted by molar-refractivity contribution is 7.12. The first-order valence-electron chi connectivity index (χ1n) is 7.53. The van der Waals surface area contributed by atoms with E-state index in [1.54, 1.807) is 31.2 Å². The largest absolute Gasteiger partial charge is 0.383 e. The molecule has 0 bridgehead atoms. The first kappa shape index (κ1) is 18.3. The number of aliphatic hydroxyl groups is 2. The zero-order chi connectivity index (χ0) is 18.2. The number of halogens is 2. The molecule has 3 aromatic rings. The highest BCUT2D eigenvalue weighted by atomic mass is 35.5. The van der Waals surface area contributed by atoms with Gasteiger partial charge in [-0.3, -0.25) is 0 Å². The predicted octanol–water partition coefficient (Wildman–Crippen LogP) is 4.49. The van der Waals surface area contributed by atoms with Gasteiger partial charge in [-0.15, -0.1) is 11.3 Å². The lowest BCUT2D eigenvalue weighted by molar-refractivity contribution is 0.102. The maximum atomic E-state index is 11.1. The molecule has 4 nitrogen and oxygen atoms in total. The first-order valence-corrected chi connectivity index (χ1v) is 9.10. The highest BCUT2D eigenvalue weighted by Crippen LogP contribution is 2.40. The van der Waals surface area contributed by atoms with E-state index >= 15 is 0 Å². The molecule has 130 valence electrons. The van der Waals surface area contributed by atoms with Gasteiger partial charge in [0.15, 0.2) is 0 Å². The van der Waals surface area contributed by atoms with Crippen LogP contribution in [-0.4, -0.2) is 20.2 Å². The summed E-state index contributed by atoms with van der Waals surface area (Å²) >= 11 is 13.5. The molecule has 2 unspecified atom stereocenters. The van der Waals surface area contributed by atoms with Crippen LogP contribution in [0.15, 0.2) is 42.9 Å². The molecule has 0 aliphatic rings. The molecule has 1 aromatic carbocycles. The van der Waals surface area contributed by atoms with E-state index in [-0.39, 0.29) is 5.15 Å². The second-order valence-electron chi connectivity index (χ2n) is 5.87. The van der Waals surface area contributed by atoms with Crippen molar-refractivity contribution in [3.05, 3.63) is 79.5 Å². The van der Waals surface area contributed by atoms with Crippen LogP contribution in [-0.2, 0) is 5.60 Å². The highest BCUT2D eigenvalue weighted by Gasteiger charge is 2.31. The fraction of sp³-hybridized carbons (Fsp3) is 0.222. The number of aromatic nitrogens is 2. The Hall–Kier alpha value is -1.50. The SMILES string of the molecule is Cc1sc(C(O)c2cncnc2Cl)cc1C(C)(O)c1cccc(Cl)c1. The maximum absolute atomic E-state index is 11.1. The summed E-state index contributed by atoms with van der Waals surface area (Å²) in [5.74, 6) is 0. The molecule has 2 aromatic heterocycles. The molecule has 0 aliphatic carbocycles. The van der Waals surface area contributed by atoms with Crippen molar-refractivity contribution in [3.8, 4) is 0 Å². The Bertz CT molecular complexity index is 912. The van der Waals surface area contributed by atoms with E-state index in [0.717, 1.165) is 4.88 Å². The minimum Gasteiger partial charge on any atom is -0.383 e. The van der Waals surface area contributed by atoms with E-state index in [1.165, 1.54) is 23.9 Å². The van der Waals surface area contributed by atoms with E-state index in [1.807, 2.05) is 13.0 Å². The van der Waals surface area contributed by atoms with Gasteiger partial charge in [-0.05, 0) is 37.6 Å². The zero-order valence-corrected chi connectivity index (χ0v) is 15.9. The van der Waals surface area contributed by atoms with Gasteiger partial charge in [0.25, 0.3) is 0 Å². The standard InChI is InChI=1S/C18H16Cl2N2O2S/c1-10-14(18(2,24)11-4-3-5-12(19)6-11)7-15(25-10)16(23)13-8-21-9-22-17(13)20/h3-9,16,23-24H,1-2H3. The third-order valence-corrected chi connectivity index (χ3v) is 5.76. The van der Waals surface area contributed by atoms with Crippen molar-refractivity contribution in [2.75, 3.05) is 0 Å². The van der Waals surface area contributed by atoms with Crippen LogP contribution in [0.4, 0.5) is 0 Å². The van der Waals surface area contributed by atoms with Crippen molar-refractivity contribution in [2.45, 2.75) is 25.6 Å². The first-order chi connectivity index (χ1) is 11.8. The number of nitrogens with zero attached hydrogens (tertiary/aromatic N) is 2. The number of thiophene rings is 1. The summed E-state index contributed by atoms with van der Waals surface area (Å²) < 4.78 is 0. The average Bonchev–Trinajstić information content (AvgIpc) is 2.97. The molecular weight excluding hydrogens is 379 g/mol. The van der Waals surface area contributed by atoms with Gasteiger partial charge in [-0.2, -0.15) is 0 Å². The van der Waals surface area contributed by atoms with Gasteiger partial charge in [0.05, 0.1) is 0 Å². The van der Waals surface area contributed by atoms with E-state index in [0.29, 0.717) is 26.6 Å². The van der Waals surface area contributed by atoms with Gasteiger partial charge in [0.2, 0.25) is 0 Å². The average molecular weight is 395 g/mol. The van der Waals surface area contributed by atoms with Gasteiger partial charge < -0.3 is 10.2 Å². The number of aryl methyl sites for hydroxylation is 1. The molecule has 7 heteroatoms. The van der Waals surface area contributed by atoms with Crippen molar-refractivity contribution < 1.29 is 10.2 Å². The molecule has 0 saturated heterocycles. The van der Waals surface area contributed by atoms with Crippen molar-refractivity contribution in [1.29, 1.82) is 0 Å². The van der Waals surface area contributed by atoms with E-state index in [4.69, 9.17) is 23.2 Å². The van der Waals surface area contributed by atoms with E-state index in [2.05, 4.69) is 9.97 Å². The van der Waals surface area contributed by atoms with Crippen molar-refractivity contribution in [1.82, 2.24) is 9.97 Å². The monoisotopic (exact) mass is 394 g/mol. The molecule has 2 heterocycles. The molecule has 0 spiro atoms. The molecule has 0 aliphatic heterocycles. The Balaban J connectivity index is 2.01. The lowest BCUT2D eigenvalue weighted by Gasteiger charge is -2.24. The zero-order valence-electron chi connectivity index (χ0n) is 13.6. The normalized spacial score (nSPS) is 15.0. The number of aliphatic hydroxyl groups excluding tert-OH is 1. The van der Waals surface area contributed by atoms with E-state index < -0.39 is 11.7 Å². The maximum Gasteiger partial charge on any atom is 0.138 e. The summed E-state index contributed by atoms with van der Waals surface area (Å²) in [7, 11) is 0.